The minimum Gasteiger partial charge on any atom is -0.497 e. The van der Waals surface area contributed by atoms with Crippen molar-refractivity contribution in [2.24, 2.45) is 5.41 Å². The van der Waals surface area contributed by atoms with Crippen LogP contribution in [0.15, 0.2) is 48.5 Å². The molecule has 0 atom stereocenters. The maximum absolute atomic E-state index is 12.9. The van der Waals surface area contributed by atoms with Crippen molar-refractivity contribution >= 4 is 42.1 Å². The molecule has 0 saturated carbocycles. The van der Waals surface area contributed by atoms with Crippen LogP contribution in [0.1, 0.15) is 23.2 Å². The zero-order chi connectivity index (χ0) is 19.8. The zero-order valence-corrected chi connectivity index (χ0v) is 19.0. The number of rotatable bonds is 8. The molecule has 1 fully saturated rings. The summed E-state index contributed by atoms with van der Waals surface area (Å²) in [7, 11) is 3.36. The van der Waals surface area contributed by atoms with Crippen molar-refractivity contribution in [3.63, 3.8) is 0 Å². The molecule has 2 aromatic rings. The Bertz CT molecular complexity index is 793. The van der Waals surface area contributed by atoms with Crippen LogP contribution in [0.2, 0.25) is 0 Å². The van der Waals surface area contributed by atoms with E-state index in [1.54, 1.807) is 14.2 Å². The van der Waals surface area contributed by atoms with Gasteiger partial charge in [0.15, 0.2) is 0 Å². The van der Waals surface area contributed by atoms with Gasteiger partial charge in [-0.25, -0.2) is 0 Å². The third kappa shape index (κ3) is 6.77. The molecule has 1 amide bonds. The number of nitrogens with one attached hydrogen (secondary N) is 3. The summed E-state index contributed by atoms with van der Waals surface area (Å²) < 4.78 is 10.7. The summed E-state index contributed by atoms with van der Waals surface area (Å²) in [5.41, 5.74) is 2.24. The Hall–Kier alpha value is -1.99. The molecule has 2 aromatic carbocycles. The molecule has 0 unspecified atom stereocenters. The van der Waals surface area contributed by atoms with Crippen LogP contribution in [0.3, 0.4) is 0 Å². The summed E-state index contributed by atoms with van der Waals surface area (Å²) in [6.45, 7) is 3.16. The molecule has 3 rings (SSSR count). The number of benzene rings is 2. The summed E-state index contributed by atoms with van der Waals surface area (Å²) in [4.78, 5) is 12.9. The summed E-state index contributed by atoms with van der Waals surface area (Å²) >= 11 is 0. The Balaban J connectivity index is 0.00000225. The van der Waals surface area contributed by atoms with Crippen molar-refractivity contribution in [2.75, 3.05) is 45.8 Å². The Morgan fingerprint density at radius 1 is 1.07 bits per heavy atom. The Labute approximate surface area is 190 Å². The topological polar surface area (TPSA) is 71.6 Å². The Morgan fingerprint density at radius 3 is 2.50 bits per heavy atom. The van der Waals surface area contributed by atoms with Gasteiger partial charge in [-0.1, -0.05) is 18.2 Å². The first-order valence-corrected chi connectivity index (χ1v) is 9.64. The van der Waals surface area contributed by atoms with Crippen LogP contribution < -0.4 is 20.7 Å². The van der Waals surface area contributed by atoms with Crippen molar-refractivity contribution < 1.29 is 14.3 Å². The molecule has 0 radical (unpaired) electrons. The summed E-state index contributed by atoms with van der Waals surface area (Å²) in [6, 6.07) is 15.2. The lowest BCUT2D eigenvalue weighted by molar-refractivity contribution is 0.0512. The highest BCUT2D eigenvalue weighted by Gasteiger charge is 2.32. The molecule has 166 valence electrons. The maximum atomic E-state index is 12.9. The molecule has 1 aliphatic heterocycles. The minimum atomic E-state index is -0.0833. The fourth-order valence-electron chi connectivity index (χ4n) is 3.64. The average molecular weight is 456 g/mol. The number of amides is 1. The van der Waals surface area contributed by atoms with Crippen LogP contribution in [-0.4, -0.2) is 46.4 Å². The second-order valence-corrected chi connectivity index (χ2v) is 7.27. The lowest BCUT2D eigenvalue weighted by Gasteiger charge is -2.37. The van der Waals surface area contributed by atoms with E-state index in [2.05, 4.69) is 16.0 Å². The van der Waals surface area contributed by atoms with E-state index in [1.807, 2.05) is 48.5 Å². The van der Waals surface area contributed by atoms with Crippen LogP contribution >= 0.6 is 24.8 Å². The molecular formula is C22H31Cl2N3O3. The lowest BCUT2D eigenvalue weighted by Crippen LogP contribution is -2.47. The van der Waals surface area contributed by atoms with E-state index in [4.69, 9.17) is 9.47 Å². The highest BCUT2D eigenvalue weighted by Crippen LogP contribution is 2.29. The van der Waals surface area contributed by atoms with E-state index in [9.17, 15) is 4.79 Å². The smallest absolute Gasteiger partial charge is 0.253 e. The number of anilines is 2. The average Bonchev–Trinajstić information content (AvgIpc) is 2.73. The van der Waals surface area contributed by atoms with Crippen LogP contribution in [-0.2, 0) is 4.74 Å². The molecule has 3 N–H and O–H groups in total. The second-order valence-electron chi connectivity index (χ2n) is 7.27. The van der Waals surface area contributed by atoms with E-state index in [0.29, 0.717) is 18.7 Å². The summed E-state index contributed by atoms with van der Waals surface area (Å²) in [5, 5.41) is 9.83. The molecule has 1 saturated heterocycles. The maximum Gasteiger partial charge on any atom is 0.253 e. The first-order valence-electron chi connectivity index (χ1n) is 9.64. The molecular weight excluding hydrogens is 425 g/mol. The van der Waals surface area contributed by atoms with Gasteiger partial charge in [0.2, 0.25) is 0 Å². The number of halogens is 2. The summed E-state index contributed by atoms with van der Waals surface area (Å²) in [6.07, 6.45) is 1.98. The number of hydrogen-bond donors (Lipinski definition) is 3. The monoisotopic (exact) mass is 455 g/mol. The quantitative estimate of drug-likeness (QED) is 0.560. The molecule has 0 aromatic heterocycles. The number of carbonyl (C=O) groups is 1. The fraction of sp³-hybridized carbons (Fsp3) is 0.409. The number of carbonyl (C=O) groups excluding carboxylic acids is 1. The second kappa shape index (κ2) is 12.6. The summed E-state index contributed by atoms with van der Waals surface area (Å²) in [5.74, 6) is 0.680. The van der Waals surface area contributed by atoms with E-state index >= 15 is 0 Å². The predicted molar refractivity (Wildman–Crippen MR) is 126 cm³/mol. The van der Waals surface area contributed by atoms with Crippen LogP contribution in [0.4, 0.5) is 11.4 Å². The molecule has 0 aliphatic carbocycles. The third-order valence-corrected chi connectivity index (χ3v) is 5.26. The van der Waals surface area contributed by atoms with Crippen molar-refractivity contribution in [3.8, 4) is 5.75 Å². The van der Waals surface area contributed by atoms with Gasteiger partial charge >= 0.3 is 0 Å². The number of methoxy groups -OCH3 is 2. The van der Waals surface area contributed by atoms with E-state index in [0.717, 1.165) is 43.1 Å². The van der Waals surface area contributed by atoms with Crippen LogP contribution in [0, 0.1) is 5.41 Å². The highest BCUT2D eigenvalue weighted by molar-refractivity contribution is 6.00. The molecule has 0 bridgehead atoms. The first kappa shape index (κ1) is 26.0. The SMILES string of the molecule is COCC1(CNC(=O)c2ccccc2Nc2cccc(OC)c2)CCNCC1.Cl.Cl. The van der Waals surface area contributed by atoms with E-state index in [-0.39, 0.29) is 36.1 Å². The van der Waals surface area contributed by atoms with Gasteiger partial charge in [-0.2, -0.15) is 0 Å². The van der Waals surface area contributed by atoms with Crippen LogP contribution in [0.25, 0.3) is 0 Å². The molecule has 1 heterocycles. The standard InChI is InChI=1S/C22H29N3O3.2ClH/c1-27-16-22(10-12-23-13-11-22)15-24-21(26)19-8-3-4-9-20(19)25-17-6-5-7-18(14-17)28-2;;/h3-9,14,23,25H,10-13,15-16H2,1-2H3,(H,24,26);2*1H. The van der Waals surface area contributed by atoms with Crippen LogP contribution in [0.5, 0.6) is 5.75 Å². The van der Waals surface area contributed by atoms with E-state index < -0.39 is 0 Å². The molecule has 30 heavy (non-hydrogen) atoms. The molecule has 8 heteroatoms. The number of ether oxygens (including phenoxy) is 2. The van der Waals surface area contributed by atoms with Gasteiger partial charge in [0.25, 0.3) is 5.91 Å². The van der Waals surface area contributed by atoms with Crippen molar-refractivity contribution in [1.82, 2.24) is 10.6 Å². The van der Waals surface area contributed by atoms with Gasteiger partial charge in [0.1, 0.15) is 5.75 Å². The minimum absolute atomic E-state index is 0. The number of para-hydroxylation sites is 1. The van der Waals surface area contributed by atoms with Gasteiger partial charge in [-0.05, 0) is 50.2 Å². The first-order chi connectivity index (χ1) is 13.7. The lowest BCUT2D eigenvalue weighted by atomic mass is 9.79. The predicted octanol–water partition coefficient (Wildman–Crippen LogP) is 4.03. The van der Waals surface area contributed by atoms with Crippen molar-refractivity contribution in [3.05, 3.63) is 54.1 Å². The number of hydrogen-bond acceptors (Lipinski definition) is 5. The van der Waals surface area contributed by atoms with Gasteiger partial charge < -0.3 is 25.4 Å². The molecule has 6 nitrogen and oxygen atoms in total. The number of piperidine rings is 1. The zero-order valence-electron chi connectivity index (χ0n) is 17.4. The van der Waals surface area contributed by atoms with Gasteiger partial charge in [0.05, 0.1) is 25.0 Å². The van der Waals surface area contributed by atoms with E-state index in [1.165, 1.54) is 0 Å². The largest absolute Gasteiger partial charge is 0.497 e. The van der Waals surface area contributed by atoms with Gasteiger partial charge in [0, 0.05) is 30.8 Å². The van der Waals surface area contributed by atoms with Gasteiger partial charge in [-0.15, -0.1) is 24.8 Å². The molecule has 0 spiro atoms. The molecule has 1 aliphatic rings. The Kier molecular flexibility index (Phi) is 11.0. The van der Waals surface area contributed by atoms with Gasteiger partial charge in [-0.3, -0.25) is 4.79 Å². The Morgan fingerprint density at radius 2 is 1.80 bits per heavy atom. The fourth-order valence-corrected chi connectivity index (χ4v) is 3.64. The van der Waals surface area contributed by atoms with Crippen molar-refractivity contribution in [1.29, 1.82) is 0 Å². The third-order valence-electron chi connectivity index (χ3n) is 5.26. The normalized spacial score (nSPS) is 14.6. The highest BCUT2D eigenvalue weighted by atomic mass is 35.5. The van der Waals surface area contributed by atoms with Crippen molar-refractivity contribution in [2.45, 2.75) is 12.8 Å².